The first kappa shape index (κ1) is 32.6. The van der Waals surface area contributed by atoms with Crippen LogP contribution >= 0.6 is 0 Å². The lowest BCUT2D eigenvalue weighted by atomic mass is 9.91. The monoisotopic (exact) mass is 600 g/mol. The Morgan fingerprint density at radius 2 is 1.80 bits per heavy atom. The lowest BCUT2D eigenvalue weighted by Crippen LogP contribution is -2.37. The van der Waals surface area contributed by atoms with E-state index in [1.54, 1.807) is 0 Å². The van der Waals surface area contributed by atoms with E-state index < -0.39 is 18.1 Å². The number of nitrogens with zero attached hydrogens (tertiary/aromatic N) is 1. The third-order valence-electron chi connectivity index (χ3n) is 8.01. The quantitative estimate of drug-likeness (QED) is 0.201. The predicted molar refractivity (Wildman–Crippen MR) is 172 cm³/mol. The van der Waals surface area contributed by atoms with Gasteiger partial charge in [0, 0.05) is 24.7 Å². The molecular formula is C36H44N2O6. The molecule has 44 heavy (non-hydrogen) atoms. The molecule has 8 nitrogen and oxygen atoms in total. The summed E-state index contributed by atoms with van der Waals surface area (Å²) in [7, 11) is 0. The van der Waals surface area contributed by atoms with Crippen molar-refractivity contribution in [3.8, 4) is 16.9 Å². The van der Waals surface area contributed by atoms with Crippen molar-refractivity contribution < 1.29 is 29.0 Å². The summed E-state index contributed by atoms with van der Waals surface area (Å²) in [4.78, 5) is 38.9. The van der Waals surface area contributed by atoms with Crippen LogP contribution in [0.1, 0.15) is 68.2 Å². The number of carboxylic acids is 1. The van der Waals surface area contributed by atoms with Crippen LogP contribution < -0.4 is 15.0 Å². The van der Waals surface area contributed by atoms with Crippen molar-refractivity contribution in [2.45, 2.75) is 78.9 Å². The van der Waals surface area contributed by atoms with Crippen LogP contribution in [0.15, 0.2) is 60.7 Å². The van der Waals surface area contributed by atoms with E-state index in [0.29, 0.717) is 32.4 Å². The third-order valence-corrected chi connectivity index (χ3v) is 8.01. The summed E-state index contributed by atoms with van der Waals surface area (Å²) in [6.45, 7) is 9.31. The second-order valence-electron chi connectivity index (χ2n) is 11.9. The smallest absolute Gasteiger partial charge is 0.407 e. The molecule has 1 aliphatic heterocycles. The summed E-state index contributed by atoms with van der Waals surface area (Å²) in [5, 5.41) is 11.9. The highest BCUT2D eigenvalue weighted by Crippen LogP contribution is 2.36. The summed E-state index contributed by atoms with van der Waals surface area (Å²) < 4.78 is 11.4. The van der Waals surface area contributed by atoms with E-state index in [0.717, 1.165) is 52.1 Å². The number of anilines is 1. The van der Waals surface area contributed by atoms with Crippen LogP contribution in [-0.2, 0) is 27.4 Å². The number of ether oxygens (including phenoxy) is 2. The molecule has 3 aromatic carbocycles. The summed E-state index contributed by atoms with van der Waals surface area (Å²) in [6, 6.07) is 19.4. The number of aryl methyl sites for hydroxylation is 1. The van der Waals surface area contributed by atoms with Crippen LogP contribution in [0, 0.1) is 19.8 Å². The highest BCUT2D eigenvalue weighted by molar-refractivity contribution is 5.96. The van der Waals surface area contributed by atoms with Gasteiger partial charge in [0.25, 0.3) is 0 Å². The maximum atomic E-state index is 13.3. The zero-order valence-corrected chi connectivity index (χ0v) is 26.2. The van der Waals surface area contributed by atoms with Crippen LogP contribution in [-0.4, -0.2) is 42.3 Å². The van der Waals surface area contributed by atoms with Crippen molar-refractivity contribution in [2.75, 3.05) is 18.1 Å². The van der Waals surface area contributed by atoms with Gasteiger partial charge in [-0.15, -0.1) is 0 Å². The van der Waals surface area contributed by atoms with Gasteiger partial charge in [-0.25, -0.2) is 4.79 Å². The minimum absolute atomic E-state index is 0.0604. The number of fused-ring (bicyclic) bond motifs is 1. The molecule has 0 saturated heterocycles. The Morgan fingerprint density at radius 1 is 1.02 bits per heavy atom. The Bertz CT molecular complexity index is 1470. The Morgan fingerprint density at radius 3 is 2.57 bits per heavy atom. The molecule has 2 amide bonds. The summed E-state index contributed by atoms with van der Waals surface area (Å²) in [5.74, 6) is 0.241. The molecular weight excluding hydrogens is 556 g/mol. The van der Waals surface area contributed by atoms with Gasteiger partial charge in [-0.1, -0.05) is 56.3 Å². The van der Waals surface area contributed by atoms with Gasteiger partial charge in [-0.05, 0) is 97.0 Å². The Kier molecular flexibility index (Phi) is 11.4. The molecule has 3 aromatic rings. The molecule has 1 unspecified atom stereocenters. The van der Waals surface area contributed by atoms with Gasteiger partial charge in [0.15, 0.2) is 0 Å². The predicted octanol–water partition coefficient (Wildman–Crippen LogP) is 7.22. The summed E-state index contributed by atoms with van der Waals surface area (Å²) in [5.41, 5.74) is 7.27. The summed E-state index contributed by atoms with van der Waals surface area (Å²) >= 11 is 0. The second kappa shape index (κ2) is 15.4. The summed E-state index contributed by atoms with van der Waals surface area (Å²) in [6.07, 6.45) is 2.57. The van der Waals surface area contributed by atoms with E-state index in [1.807, 2.05) is 74.2 Å². The van der Waals surface area contributed by atoms with E-state index in [4.69, 9.17) is 9.47 Å². The molecule has 2 N–H and O–H groups in total. The van der Waals surface area contributed by atoms with Crippen LogP contribution in [0.4, 0.5) is 10.5 Å². The van der Waals surface area contributed by atoms with Crippen molar-refractivity contribution in [2.24, 2.45) is 5.92 Å². The third kappa shape index (κ3) is 8.85. The minimum atomic E-state index is -0.961. The zero-order valence-electron chi connectivity index (χ0n) is 26.2. The molecule has 1 heterocycles. The number of hydrogen-bond acceptors (Lipinski definition) is 5. The first-order chi connectivity index (χ1) is 21.1. The van der Waals surface area contributed by atoms with Gasteiger partial charge in [-0.2, -0.15) is 0 Å². The molecule has 8 heteroatoms. The number of amides is 2. The van der Waals surface area contributed by atoms with E-state index in [-0.39, 0.29) is 24.9 Å². The van der Waals surface area contributed by atoms with Gasteiger partial charge in [0.05, 0.1) is 13.0 Å². The van der Waals surface area contributed by atoms with Gasteiger partial charge < -0.3 is 24.8 Å². The topological polar surface area (TPSA) is 105 Å². The van der Waals surface area contributed by atoms with E-state index >= 15 is 0 Å². The Labute approximate surface area is 260 Å². The van der Waals surface area contributed by atoms with Crippen molar-refractivity contribution >= 4 is 23.7 Å². The first-order valence-electron chi connectivity index (χ1n) is 15.5. The second-order valence-corrected chi connectivity index (χ2v) is 11.9. The van der Waals surface area contributed by atoms with E-state index in [2.05, 4.69) is 24.4 Å². The minimum Gasteiger partial charge on any atom is -0.493 e. The standard InChI is InChI=1S/C36H44N2O6/c1-24(2)20-29(22-35(40)41)37-36(42)44-23-27-11-6-12-28(21-27)30-13-7-15-32-31(30)14-8-18-38(32)34(39)17-9-19-43-33-16-5-10-25(3)26(33)4/h5-7,10-13,15-16,21,24,29H,8-9,14,17-20,22-23H2,1-4H3,(H,37,42)(H,40,41). The number of carbonyl (C=O) groups excluding carboxylic acids is 2. The lowest BCUT2D eigenvalue weighted by molar-refractivity contribution is -0.137. The molecule has 234 valence electrons. The average molecular weight is 601 g/mol. The van der Waals surface area contributed by atoms with Gasteiger partial charge in [0.2, 0.25) is 5.91 Å². The molecule has 0 spiro atoms. The molecule has 0 aliphatic carbocycles. The van der Waals surface area contributed by atoms with Crippen LogP contribution in [0.5, 0.6) is 5.75 Å². The molecule has 0 fully saturated rings. The highest BCUT2D eigenvalue weighted by atomic mass is 16.5. The van der Waals surface area contributed by atoms with E-state index in [1.165, 1.54) is 5.56 Å². The molecule has 1 atom stereocenters. The van der Waals surface area contributed by atoms with Crippen LogP contribution in [0.25, 0.3) is 11.1 Å². The van der Waals surface area contributed by atoms with Crippen LogP contribution in [0.2, 0.25) is 0 Å². The Balaban J connectivity index is 1.38. The molecule has 0 radical (unpaired) electrons. The number of benzene rings is 3. The van der Waals surface area contributed by atoms with Crippen molar-refractivity contribution in [1.82, 2.24) is 5.32 Å². The molecule has 0 aromatic heterocycles. The molecule has 0 bridgehead atoms. The molecule has 4 rings (SSSR count). The van der Waals surface area contributed by atoms with Crippen LogP contribution in [0.3, 0.4) is 0 Å². The maximum Gasteiger partial charge on any atom is 0.407 e. The number of aliphatic carboxylic acids is 1. The Hall–Kier alpha value is -4.33. The number of carbonyl (C=O) groups is 3. The van der Waals surface area contributed by atoms with Gasteiger partial charge in [0.1, 0.15) is 12.4 Å². The number of hydrogen-bond donors (Lipinski definition) is 2. The van der Waals surface area contributed by atoms with Crippen molar-refractivity contribution in [3.05, 3.63) is 82.9 Å². The largest absolute Gasteiger partial charge is 0.493 e. The highest BCUT2D eigenvalue weighted by Gasteiger charge is 2.25. The zero-order chi connectivity index (χ0) is 31.6. The lowest BCUT2D eigenvalue weighted by Gasteiger charge is -2.31. The van der Waals surface area contributed by atoms with Gasteiger partial charge in [-0.3, -0.25) is 9.59 Å². The average Bonchev–Trinajstić information content (AvgIpc) is 2.99. The normalized spacial score (nSPS) is 13.2. The number of nitrogens with one attached hydrogen (secondary N) is 1. The number of carboxylic acid groups (broad SMARTS) is 1. The fourth-order valence-electron chi connectivity index (χ4n) is 5.73. The molecule has 0 saturated carbocycles. The van der Waals surface area contributed by atoms with Crippen molar-refractivity contribution in [1.29, 1.82) is 0 Å². The molecule has 1 aliphatic rings. The fraction of sp³-hybridized carbons (Fsp3) is 0.417. The number of alkyl carbamates (subject to hydrolysis) is 1. The number of rotatable bonds is 13. The maximum absolute atomic E-state index is 13.3. The van der Waals surface area contributed by atoms with E-state index in [9.17, 15) is 19.5 Å². The van der Waals surface area contributed by atoms with Crippen molar-refractivity contribution in [3.63, 3.8) is 0 Å². The SMILES string of the molecule is Cc1cccc(OCCCC(=O)N2CCCc3c(-c4cccc(COC(=O)NC(CC(=O)O)CC(C)C)c4)cccc32)c1C. The first-order valence-corrected chi connectivity index (χ1v) is 15.5. The van der Waals surface area contributed by atoms with Gasteiger partial charge >= 0.3 is 12.1 Å². The fourth-order valence-corrected chi connectivity index (χ4v) is 5.73.